The van der Waals surface area contributed by atoms with Gasteiger partial charge < -0.3 is 33.9 Å². The maximum absolute atomic E-state index is 12.9. The van der Waals surface area contributed by atoms with E-state index in [4.69, 9.17) is 41.7 Å². The highest BCUT2D eigenvalue weighted by Crippen LogP contribution is 2.44. The first kappa shape index (κ1) is 39.1. The van der Waals surface area contributed by atoms with Crippen LogP contribution in [0.15, 0.2) is 24.5 Å². The molecule has 1 amide bonds. The van der Waals surface area contributed by atoms with Crippen molar-refractivity contribution in [2.75, 3.05) is 18.6 Å². The summed E-state index contributed by atoms with van der Waals surface area (Å²) in [4.78, 5) is 75.1. The van der Waals surface area contributed by atoms with E-state index in [9.17, 15) is 34.2 Å². The first-order chi connectivity index (χ1) is 23.8. The first-order valence-electron chi connectivity index (χ1n) is 15.0. The lowest BCUT2D eigenvalue weighted by Crippen LogP contribution is -2.53. The summed E-state index contributed by atoms with van der Waals surface area (Å²) in [6.07, 6.45) is 1.75. The van der Waals surface area contributed by atoms with E-state index in [2.05, 4.69) is 20.9 Å². The normalized spacial score (nSPS) is 20.0. The van der Waals surface area contributed by atoms with Crippen LogP contribution in [-0.2, 0) is 44.5 Å². The number of hydrogen-bond acceptors (Lipinski definition) is 13. The third-order valence-electron chi connectivity index (χ3n) is 7.37. The standard InChI is InChI=1S/C32H33ClIN5O12/c1-8-32(50-16(3)41)21(13-47-20-12-18(34)10-9-17(20)11-19(27(42)43)28(44)45)49-26(23(32)48-15(2)40)39-14-35-22-24(36-29(33)37-25(22)39)38(7)30(46)51-31(4,5)6/h1,9-10,12,14,19,21,23,26H,11,13H2,2-7H3,(H,42,43)(H,44,45)/t21-,23+,26-,32-/m1/s1. The monoisotopic (exact) mass is 841 g/mol. The molecule has 0 unspecified atom stereocenters. The Morgan fingerprint density at radius 3 is 2.39 bits per heavy atom. The number of terminal acetylenes is 1. The minimum atomic E-state index is -2.13. The summed E-state index contributed by atoms with van der Waals surface area (Å²) in [7, 11) is 1.39. The number of anilines is 1. The fourth-order valence-corrected chi connectivity index (χ4v) is 5.83. The number of imidazole rings is 1. The van der Waals surface area contributed by atoms with Crippen LogP contribution in [0.1, 0.15) is 46.4 Å². The zero-order chi connectivity index (χ0) is 38.0. The van der Waals surface area contributed by atoms with Crippen LogP contribution in [0.2, 0.25) is 5.28 Å². The van der Waals surface area contributed by atoms with Gasteiger partial charge in [0.05, 0.1) is 6.33 Å². The average molecular weight is 842 g/mol. The minimum Gasteiger partial charge on any atom is -0.490 e. The number of aliphatic carboxylic acids is 2. The molecular formula is C32H33ClIN5O12. The van der Waals surface area contributed by atoms with Crippen LogP contribution in [0.4, 0.5) is 10.6 Å². The van der Waals surface area contributed by atoms with Crippen molar-refractivity contribution in [3.05, 3.63) is 38.9 Å². The highest BCUT2D eigenvalue weighted by Gasteiger charge is 2.62. The van der Waals surface area contributed by atoms with Crippen molar-refractivity contribution in [2.24, 2.45) is 5.92 Å². The van der Waals surface area contributed by atoms with Gasteiger partial charge in [0, 0.05) is 24.5 Å². The highest BCUT2D eigenvalue weighted by atomic mass is 127. The lowest BCUT2D eigenvalue weighted by molar-refractivity contribution is -0.174. The molecule has 4 rings (SSSR count). The lowest BCUT2D eigenvalue weighted by Gasteiger charge is -2.32. The number of carbonyl (C=O) groups is 5. The number of halogens is 2. The molecule has 2 N–H and O–H groups in total. The molecule has 17 nitrogen and oxygen atoms in total. The fraction of sp³-hybridized carbons (Fsp3) is 0.438. The van der Waals surface area contributed by atoms with Crippen molar-refractivity contribution in [1.29, 1.82) is 0 Å². The Morgan fingerprint density at radius 2 is 1.82 bits per heavy atom. The lowest BCUT2D eigenvalue weighted by atomic mass is 9.92. The number of hydrogen-bond donors (Lipinski definition) is 2. The van der Waals surface area contributed by atoms with Crippen LogP contribution in [-0.4, -0.2) is 96.8 Å². The number of ether oxygens (including phenoxy) is 5. The van der Waals surface area contributed by atoms with E-state index in [0.717, 1.165) is 18.7 Å². The minimum absolute atomic E-state index is 0.00570. The third kappa shape index (κ3) is 8.60. The summed E-state index contributed by atoms with van der Waals surface area (Å²) in [5, 5.41) is 18.6. The van der Waals surface area contributed by atoms with Gasteiger partial charge in [-0.1, -0.05) is 12.0 Å². The van der Waals surface area contributed by atoms with E-state index in [-0.39, 0.29) is 33.6 Å². The largest absolute Gasteiger partial charge is 0.490 e. The van der Waals surface area contributed by atoms with Crippen LogP contribution >= 0.6 is 34.2 Å². The molecule has 0 aliphatic carbocycles. The molecule has 1 aliphatic rings. The van der Waals surface area contributed by atoms with Crippen molar-refractivity contribution in [2.45, 2.75) is 70.7 Å². The second-order valence-corrected chi connectivity index (χ2v) is 13.8. The molecule has 3 heterocycles. The Hall–Kier alpha value is -4.74. The molecule has 272 valence electrons. The molecule has 0 spiro atoms. The van der Waals surface area contributed by atoms with E-state index >= 15 is 0 Å². The van der Waals surface area contributed by atoms with Crippen LogP contribution in [0, 0.1) is 21.8 Å². The maximum Gasteiger partial charge on any atom is 0.415 e. The topological polar surface area (TPSA) is 219 Å². The maximum atomic E-state index is 12.9. The van der Waals surface area contributed by atoms with E-state index in [1.807, 2.05) is 22.6 Å². The summed E-state index contributed by atoms with van der Waals surface area (Å²) in [6, 6.07) is 4.70. The zero-order valence-corrected chi connectivity index (χ0v) is 31.0. The molecule has 1 saturated heterocycles. The molecule has 1 aliphatic heterocycles. The number of carbonyl (C=O) groups excluding carboxylic acids is 3. The molecular weight excluding hydrogens is 809 g/mol. The summed E-state index contributed by atoms with van der Waals surface area (Å²) in [6.45, 7) is 6.78. The van der Waals surface area contributed by atoms with Gasteiger partial charge in [-0.2, -0.15) is 9.97 Å². The Kier molecular flexibility index (Phi) is 11.7. The average Bonchev–Trinajstić information content (AvgIpc) is 3.55. The number of fused-ring (bicyclic) bond motifs is 1. The highest BCUT2D eigenvalue weighted by molar-refractivity contribution is 14.1. The first-order valence-corrected chi connectivity index (χ1v) is 16.5. The number of esters is 2. The van der Waals surface area contributed by atoms with Gasteiger partial charge in [-0.15, -0.1) is 6.42 Å². The smallest absolute Gasteiger partial charge is 0.415 e. The van der Waals surface area contributed by atoms with Crippen LogP contribution in [0.3, 0.4) is 0 Å². The van der Waals surface area contributed by atoms with Crippen molar-refractivity contribution in [3.63, 3.8) is 0 Å². The number of aromatic nitrogens is 4. The van der Waals surface area contributed by atoms with Gasteiger partial charge in [-0.25, -0.2) is 9.78 Å². The molecule has 19 heteroatoms. The Bertz CT molecular complexity index is 1910. The van der Waals surface area contributed by atoms with Gasteiger partial charge in [0.25, 0.3) is 0 Å². The number of rotatable bonds is 11. The molecule has 4 atom stereocenters. The van der Waals surface area contributed by atoms with Gasteiger partial charge in [0.1, 0.15) is 24.1 Å². The van der Waals surface area contributed by atoms with E-state index in [0.29, 0.717) is 3.57 Å². The Morgan fingerprint density at radius 1 is 1.16 bits per heavy atom. The summed E-state index contributed by atoms with van der Waals surface area (Å²) >= 11 is 8.29. The summed E-state index contributed by atoms with van der Waals surface area (Å²) in [5.74, 6) is -4.07. The molecule has 1 aromatic carbocycles. The van der Waals surface area contributed by atoms with Crippen molar-refractivity contribution >= 4 is 81.1 Å². The molecule has 0 saturated carbocycles. The van der Waals surface area contributed by atoms with Gasteiger partial charge in [-0.05, 0) is 79.1 Å². The summed E-state index contributed by atoms with van der Waals surface area (Å²) in [5.41, 5.74) is -2.66. The summed E-state index contributed by atoms with van der Waals surface area (Å²) < 4.78 is 31.2. The predicted molar refractivity (Wildman–Crippen MR) is 185 cm³/mol. The van der Waals surface area contributed by atoms with E-state index < -0.39 is 78.6 Å². The number of amides is 1. The third-order valence-corrected chi connectivity index (χ3v) is 8.21. The SMILES string of the molecule is C#C[C@@]1(OC(C)=O)[C@@H](COc2cc(I)ccc2CC(C(=O)O)C(=O)O)O[C@@H](n2cnc3c(N(C)C(=O)OC(C)(C)C)nc(Cl)nc32)[C@@H]1OC(C)=O. The van der Waals surface area contributed by atoms with Gasteiger partial charge in [0.15, 0.2) is 29.1 Å². The number of nitrogens with zero attached hydrogens (tertiary/aromatic N) is 5. The number of benzene rings is 1. The van der Waals surface area contributed by atoms with Gasteiger partial charge >= 0.3 is 30.0 Å². The number of carboxylic acids is 2. The van der Waals surface area contributed by atoms with E-state index in [1.165, 1.54) is 24.0 Å². The Labute approximate surface area is 309 Å². The zero-order valence-electron chi connectivity index (χ0n) is 28.1. The quantitative estimate of drug-likeness (QED) is 0.0704. The van der Waals surface area contributed by atoms with Crippen molar-refractivity contribution in [3.8, 4) is 18.1 Å². The van der Waals surface area contributed by atoms with E-state index in [1.54, 1.807) is 32.9 Å². The van der Waals surface area contributed by atoms with Gasteiger partial charge in [-0.3, -0.25) is 28.6 Å². The molecule has 1 fully saturated rings. The molecule has 3 aromatic rings. The van der Waals surface area contributed by atoms with Gasteiger partial charge in [0.2, 0.25) is 17.0 Å². The Balaban J connectivity index is 1.80. The molecule has 0 bridgehead atoms. The van der Waals surface area contributed by atoms with Crippen LogP contribution in [0.25, 0.3) is 11.2 Å². The van der Waals surface area contributed by atoms with Crippen LogP contribution < -0.4 is 9.64 Å². The fourth-order valence-electron chi connectivity index (χ4n) is 5.21. The van der Waals surface area contributed by atoms with Crippen molar-refractivity contribution in [1.82, 2.24) is 19.5 Å². The number of carboxylic acid groups (broad SMARTS) is 2. The second-order valence-electron chi connectivity index (χ2n) is 12.3. The van der Waals surface area contributed by atoms with Crippen molar-refractivity contribution < 1.29 is 57.9 Å². The predicted octanol–water partition coefficient (Wildman–Crippen LogP) is 3.63. The van der Waals surface area contributed by atoms with Crippen LogP contribution in [0.5, 0.6) is 5.75 Å². The second kappa shape index (κ2) is 15.2. The molecule has 2 aromatic heterocycles. The molecule has 0 radical (unpaired) electrons. The molecule has 51 heavy (non-hydrogen) atoms.